The van der Waals surface area contributed by atoms with Crippen LogP contribution in [0.15, 0.2) is 35.5 Å². The van der Waals surface area contributed by atoms with Gasteiger partial charge in [0.1, 0.15) is 18.1 Å². The van der Waals surface area contributed by atoms with E-state index in [2.05, 4.69) is 33.2 Å². The van der Waals surface area contributed by atoms with Gasteiger partial charge in [-0.05, 0) is 43.7 Å². The van der Waals surface area contributed by atoms with Gasteiger partial charge in [0.05, 0.1) is 6.04 Å². The first-order valence-electron chi connectivity index (χ1n) is 12.7. The number of nitrogens with two attached hydrogens (primary N) is 3. The van der Waals surface area contributed by atoms with Crippen molar-refractivity contribution >= 4 is 53.2 Å². The van der Waals surface area contributed by atoms with Crippen LogP contribution in [0.1, 0.15) is 31.2 Å². The number of carbonyl (C=O) groups excluding carboxylic acids is 3. The number of carboxylic acids is 1. The number of carboxylic acid groups (broad SMARTS) is 1. The summed E-state index contributed by atoms with van der Waals surface area (Å²) in [7, 11) is 0. The molecule has 0 radical (unpaired) electrons. The summed E-state index contributed by atoms with van der Waals surface area (Å²) in [6.07, 6.45) is 3.63. The van der Waals surface area contributed by atoms with Gasteiger partial charge in [0.15, 0.2) is 5.96 Å². The number of para-hydroxylation sites is 1. The molecule has 14 heteroatoms. The zero-order valence-electron chi connectivity index (χ0n) is 21.5. The van der Waals surface area contributed by atoms with Gasteiger partial charge >= 0.3 is 5.97 Å². The smallest absolute Gasteiger partial charge is 0.327 e. The minimum atomic E-state index is -1.25. The maximum absolute atomic E-state index is 13.3. The van der Waals surface area contributed by atoms with Crippen LogP contribution >= 0.6 is 12.6 Å². The summed E-state index contributed by atoms with van der Waals surface area (Å²) in [5.41, 5.74) is 18.8. The predicted octanol–water partition coefficient (Wildman–Crippen LogP) is -0.934. The molecular formula is C25H36N8O5S. The Hall–Kier alpha value is -3.78. The number of rotatable bonds is 13. The van der Waals surface area contributed by atoms with E-state index in [0.717, 1.165) is 16.5 Å². The van der Waals surface area contributed by atoms with Crippen molar-refractivity contribution in [2.45, 2.75) is 56.3 Å². The van der Waals surface area contributed by atoms with Gasteiger partial charge in [-0.2, -0.15) is 12.6 Å². The molecule has 1 aromatic heterocycles. The molecule has 0 bridgehead atoms. The molecule has 0 saturated carbocycles. The second-order valence-corrected chi connectivity index (χ2v) is 9.82. The minimum absolute atomic E-state index is 0.106. The van der Waals surface area contributed by atoms with Crippen LogP contribution in [-0.4, -0.2) is 87.7 Å². The number of aliphatic imine (C=N–C) groups is 1. The first-order valence-corrected chi connectivity index (χ1v) is 13.4. The maximum atomic E-state index is 13.3. The third-order valence-electron chi connectivity index (χ3n) is 6.65. The highest BCUT2D eigenvalue weighted by Crippen LogP contribution is 2.22. The fourth-order valence-electron chi connectivity index (χ4n) is 4.64. The van der Waals surface area contributed by atoms with Crippen molar-refractivity contribution in [1.82, 2.24) is 20.5 Å². The van der Waals surface area contributed by atoms with Crippen molar-refractivity contribution in [3.63, 3.8) is 0 Å². The molecule has 0 aliphatic carbocycles. The van der Waals surface area contributed by atoms with Gasteiger partial charge in [-0.3, -0.25) is 19.4 Å². The lowest BCUT2D eigenvalue weighted by Crippen LogP contribution is -2.57. The van der Waals surface area contributed by atoms with E-state index in [4.69, 9.17) is 17.2 Å². The molecule has 1 aromatic carbocycles. The van der Waals surface area contributed by atoms with E-state index in [9.17, 15) is 24.3 Å². The summed E-state index contributed by atoms with van der Waals surface area (Å²) in [5.74, 6) is -3.03. The van der Waals surface area contributed by atoms with Gasteiger partial charge in [0.2, 0.25) is 17.7 Å². The molecule has 1 aliphatic rings. The van der Waals surface area contributed by atoms with E-state index in [1.807, 2.05) is 30.5 Å². The predicted molar refractivity (Wildman–Crippen MR) is 150 cm³/mol. The van der Waals surface area contributed by atoms with E-state index in [1.165, 1.54) is 4.90 Å². The number of aromatic nitrogens is 1. The van der Waals surface area contributed by atoms with Crippen molar-refractivity contribution in [3.8, 4) is 0 Å². The Labute approximate surface area is 231 Å². The van der Waals surface area contributed by atoms with Crippen molar-refractivity contribution < 1.29 is 24.3 Å². The Kier molecular flexibility index (Phi) is 10.6. The highest BCUT2D eigenvalue weighted by atomic mass is 32.1. The molecule has 4 atom stereocenters. The van der Waals surface area contributed by atoms with Gasteiger partial charge < -0.3 is 42.8 Å². The average molecular weight is 561 g/mol. The number of hydrogen-bond acceptors (Lipinski definition) is 7. The number of H-pyrrole nitrogens is 1. The van der Waals surface area contributed by atoms with Gasteiger partial charge in [0, 0.05) is 35.9 Å². The van der Waals surface area contributed by atoms with E-state index >= 15 is 0 Å². The fourth-order valence-corrected chi connectivity index (χ4v) is 4.89. The lowest BCUT2D eigenvalue weighted by atomic mass is 10.0. The molecule has 1 saturated heterocycles. The third kappa shape index (κ3) is 7.86. The molecule has 10 N–H and O–H groups in total. The molecular weight excluding hydrogens is 524 g/mol. The minimum Gasteiger partial charge on any atom is -0.480 e. The summed E-state index contributed by atoms with van der Waals surface area (Å²) >= 11 is 3.97. The molecule has 0 spiro atoms. The molecule has 39 heavy (non-hydrogen) atoms. The first kappa shape index (κ1) is 29.8. The first-order chi connectivity index (χ1) is 18.6. The molecule has 3 amide bonds. The van der Waals surface area contributed by atoms with Crippen LogP contribution in [0, 0.1) is 0 Å². The third-order valence-corrected chi connectivity index (χ3v) is 7.01. The number of nitrogens with one attached hydrogen (secondary N) is 3. The Morgan fingerprint density at radius 3 is 2.62 bits per heavy atom. The van der Waals surface area contributed by atoms with Gasteiger partial charge in [-0.15, -0.1) is 0 Å². The molecule has 2 aromatic rings. The Bertz CT molecular complexity index is 1210. The zero-order valence-corrected chi connectivity index (χ0v) is 22.4. The lowest BCUT2D eigenvalue weighted by Gasteiger charge is -2.28. The maximum Gasteiger partial charge on any atom is 0.327 e. The molecule has 1 aliphatic heterocycles. The van der Waals surface area contributed by atoms with E-state index < -0.39 is 42.0 Å². The number of likely N-dealkylation sites (tertiary alicyclic amines) is 1. The number of guanidine groups is 1. The zero-order chi connectivity index (χ0) is 28.5. The second-order valence-electron chi connectivity index (χ2n) is 9.45. The highest BCUT2D eigenvalue weighted by molar-refractivity contribution is 7.80. The number of aromatic amines is 1. The SMILES string of the molecule is NC(N)=NCCCC(NC(=O)C1CCCN1C(=O)C(N)Cc1c[nH]c2ccccc12)C(=O)NC(CS)C(=O)O. The van der Waals surface area contributed by atoms with Crippen LogP contribution in [0.2, 0.25) is 0 Å². The summed E-state index contributed by atoms with van der Waals surface area (Å²) < 4.78 is 0. The van der Waals surface area contributed by atoms with Gasteiger partial charge in [-0.1, -0.05) is 18.2 Å². The summed E-state index contributed by atoms with van der Waals surface area (Å²) in [6, 6.07) is 3.75. The standard InChI is InChI=1S/C25H36N8O5S/c26-16(11-14-12-30-17-6-2-1-5-15(14)17)23(36)33-10-4-8-20(33)22(35)31-18(7-3-9-29-25(27)28)21(34)32-19(13-39)24(37)38/h1-2,5-6,12,16,18-20,30,39H,3-4,7-11,13,26H2,(H,31,35)(H,32,34)(H,37,38)(H4,27,28,29). The van der Waals surface area contributed by atoms with Gasteiger partial charge in [-0.25, -0.2) is 4.79 Å². The molecule has 3 rings (SSSR count). The molecule has 13 nitrogen and oxygen atoms in total. The highest BCUT2D eigenvalue weighted by Gasteiger charge is 2.38. The largest absolute Gasteiger partial charge is 0.480 e. The second kappa shape index (κ2) is 13.8. The van der Waals surface area contributed by atoms with Crippen LogP contribution in [0.25, 0.3) is 10.9 Å². The number of nitrogens with zero attached hydrogens (tertiary/aromatic N) is 2. The molecule has 4 unspecified atom stereocenters. The number of aliphatic carboxylic acids is 1. The fraction of sp³-hybridized carbons (Fsp3) is 0.480. The van der Waals surface area contributed by atoms with Crippen LogP contribution < -0.4 is 27.8 Å². The van der Waals surface area contributed by atoms with Crippen molar-refractivity contribution in [1.29, 1.82) is 0 Å². The van der Waals surface area contributed by atoms with Crippen molar-refractivity contribution in [2.75, 3.05) is 18.8 Å². The summed E-state index contributed by atoms with van der Waals surface area (Å²) in [4.78, 5) is 59.3. The monoisotopic (exact) mass is 560 g/mol. The van der Waals surface area contributed by atoms with E-state index in [-0.39, 0.29) is 30.6 Å². The number of hydrogen-bond donors (Lipinski definition) is 8. The van der Waals surface area contributed by atoms with Crippen LogP contribution in [0.5, 0.6) is 0 Å². The Morgan fingerprint density at radius 1 is 1.18 bits per heavy atom. The molecule has 1 fully saturated rings. The van der Waals surface area contributed by atoms with Crippen molar-refractivity contribution in [3.05, 3.63) is 36.0 Å². The molecule has 212 valence electrons. The topological polar surface area (TPSA) is 222 Å². The quantitative estimate of drug-likeness (QED) is 0.0659. The summed E-state index contributed by atoms with van der Waals surface area (Å²) in [5, 5.41) is 15.3. The van der Waals surface area contributed by atoms with E-state index in [0.29, 0.717) is 32.2 Å². The van der Waals surface area contributed by atoms with Crippen LogP contribution in [0.4, 0.5) is 0 Å². The number of fused-ring (bicyclic) bond motifs is 1. The molecule has 2 heterocycles. The number of carbonyl (C=O) groups is 4. The summed E-state index contributed by atoms with van der Waals surface area (Å²) in [6.45, 7) is 0.578. The van der Waals surface area contributed by atoms with Crippen LogP contribution in [-0.2, 0) is 25.6 Å². The van der Waals surface area contributed by atoms with Crippen molar-refractivity contribution in [2.24, 2.45) is 22.2 Å². The number of thiol groups is 1. The van der Waals surface area contributed by atoms with Crippen LogP contribution in [0.3, 0.4) is 0 Å². The van der Waals surface area contributed by atoms with Gasteiger partial charge in [0.25, 0.3) is 0 Å². The number of amides is 3. The Morgan fingerprint density at radius 2 is 1.92 bits per heavy atom. The average Bonchev–Trinajstić information content (AvgIpc) is 3.56. The Balaban J connectivity index is 1.68. The number of benzene rings is 1. The lowest BCUT2D eigenvalue weighted by molar-refractivity contribution is -0.142. The van der Waals surface area contributed by atoms with E-state index in [1.54, 1.807) is 0 Å². The normalized spacial score (nSPS) is 17.3.